The zero-order chi connectivity index (χ0) is 20.2. The van der Waals surface area contributed by atoms with Crippen LogP contribution in [0, 0.1) is 5.92 Å². The van der Waals surface area contributed by atoms with E-state index in [0.717, 1.165) is 17.1 Å². The van der Waals surface area contributed by atoms with Crippen LogP contribution < -0.4 is 5.32 Å². The van der Waals surface area contributed by atoms with Gasteiger partial charge >= 0.3 is 5.97 Å². The largest absolute Gasteiger partial charge is 0.453 e. The minimum absolute atomic E-state index is 0.0470. The van der Waals surface area contributed by atoms with E-state index in [2.05, 4.69) is 5.32 Å². The van der Waals surface area contributed by atoms with Crippen molar-refractivity contribution in [2.75, 3.05) is 19.4 Å². The number of halogens is 1. The van der Waals surface area contributed by atoms with Crippen molar-refractivity contribution in [1.29, 1.82) is 0 Å². The predicted octanol–water partition coefficient (Wildman–Crippen LogP) is 2.82. The number of carbonyl (C=O) groups is 2. The van der Waals surface area contributed by atoms with Crippen LogP contribution >= 0.6 is 11.6 Å². The topological polar surface area (TPSA) is 92.8 Å². The van der Waals surface area contributed by atoms with Crippen molar-refractivity contribution in [3.63, 3.8) is 0 Å². The number of hydrogen-bond donors (Lipinski definition) is 1. The number of nitrogens with zero attached hydrogens (tertiary/aromatic N) is 1. The normalized spacial score (nSPS) is 17.7. The van der Waals surface area contributed by atoms with Gasteiger partial charge in [0.2, 0.25) is 10.0 Å². The molecule has 0 radical (unpaired) electrons. The molecule has 1 aliphatic carbocycles. The summed E-state index contributed by atoms with van der Waals surface area (Å²) in [6.07, 6.45) is 5.08. The van der Waals surface area contributed by atoms with Crippen molar-refractivity contribution in [2.24, 2.45) is 5.92 Å². The van der Waals surface area contributed by atoms with E-state index in [4.69, 9.17) is 16.3 Å². The lowest BCUT2D eigenvalue weighted by Gasteiger charge is -2.16. The quantitative estimate of drug-likeness (QED) is 0.547. The Morgan fingerprint density at radius 1 is 1.37 bits per heavy atom. The van der Waals surface area contributed by atoms with E-state index in [1.807, 2.05) is 12.2 Å². The summed E-state index contributed by atoms with van der Waals surface area (Å²) in [6.45, 7) is 1.46. The molecule has 0 bridgehead atoms. The number of hydrogen-bond acceptors (Lipinski definition) is 5. The van der Waals surface area contributed by atoms with E-state index < -0.39 is 28.0 Å². The first-order chi connectivity index (χ1) is 12.6. The van der Waals surface area contributed by atoms with Crippen molar-refractivity contribution < 1.29 is 22.7 Å². The number of rotatable bonds is 7. The Morgan fingerprint density at radius 3 is 2.67 bits per heavy atom. The number of ether oxygens (including phenoxy) is 1. The third kappa shape index (κ3) is 5.54. The van der Waals surface area contributed by atoms with Gasteiger partial charge < -0.3 is 10.1 Å². The van der Waals surface area contributed by atoms with E-state index in [0.29, 0.717) is 0 Å². The lowest BCUT2D eigenvalue weighted by Crippen LogP contribution is -2.30. The molecule has 1 N–H and O–H groups in total. The highest BCUT2D eigenvalue weighted by atomic mass is 35.5. The molecule has 0 unspecified atom stereocenters. The molecule has 0 saturated heterocycles. The van der Waals surface area contributed by atoms with Crippen molar-refractivity contribution in [2.45, 2.75) is 37.2 Å². The fourth-order valence-electron chi connectivity index (χ4n) is 2.60. The second kappa shape index (κ2) is 8.86. The van der Waals surface area contributed by atoms with Crippen LogP contribution in [0.1, 0.15) is 26.2 Å². The number of anilines is 1. The van der Waals surface area contributed by atoms with Crippen molar-refractivity contribution in [3.8, 4) is 0 Å². The summed E-state index contributed by atoms with van der Waals surface area (Å²) < 4.78 is 30.8. The smallest absolute Gasteiger partial charge is 0.307 e. The van der Waals surface area contributed by atoms with Crippen LogP contribution in [0.25, 0.3) is 0 Å². The molecule has 27 heavy (non-hydrogen) atoms. The first-order valence-corrected chi connectivity index (χ1v) is 10.3. The van der Waals surface area contributed by atoms with Gasteiger partial charge in [-0.3, -0.25) is 9.59 Å². The SMILES string of the molecule is C[C@H](OC(=O)C[C@@H]1C=CCC1)C(=O)Nc1ccc(Cl)c(S(=O)(=O)N(C)C)c1. The third-order valence-corrected chi connectivity index (χ3v) is 6.47. The number of nitrogens with one attached hydrogen (secondary N) is 1. The number of benzene rings is 1. The van der Waals surface area contributed by atoms with Crippen LogP contribution in [0.2, 0.25) is 5.02 Å². The Kier molecular flexibility index (Phi) is 7.02. The van der Waals surface area contributed by atoms with Gasteiger partial charge in [-0.2, -0.15) is 0 Å². The average molecular weight is 415 g/mol. The Bertz CT molecular complexity index is 851. The number of allylic oxidation sites excluding steroid dienone is 2. The van der Waals surface area contributed by atoms with Gasteiger partial charge in [0, 0.05) is 19.8 Å². The van der Waals surface area contributed by atoms with Crippen LogP contribution in [0.5, 0.6) is 0 Å². The van der Waals surface area contributed by atoms with Gasteiger partial charge in [-0.25, -0.2) is 12.7 Å². The van der Waals surface area contributed by atoms with E-state index in [1.54, 1.807) is 0 Å². The van der Waals surface area contributed by atoms with Gasteiger partial charge in [0.25, 0.3) is 5.91 Å². The molecule has 1 amide bonds. The number of amides is 1. The summed E-state index contributed by atoms with van der Waals surface area (Å²) in [4.78, 5) is 24.1. The molecule has 148 valence electrons. The van der Waals surface area contributed by atoms with Gasteiger partial charge in [0.15, 0.2) is 6.10 Å². The van der Waals surface area contributed by atoms with Crippen molar-refractivity contribution >= 4 is 39.2 Å². The third-order valence-electron chi connectivity index (χ3n) is 4.18. The van der Waals surface area contributed by atoms with Gasteiger partial charge in [0.1, 0.15) is 4.90 Å². The molecule has 2 rings (SSSR count). The molecule has 7 nitrogen and oxygen atoms in total. The zero-order valence-corrected chi connectivity index (χ0v) is 17.0. The van der Waals surface area contributed by atoms with Crippen molar-refractivity contribution in [3.05, 3.63) is 35.4 Å². The first-order valence-electron chi connectivity index (χ1n) is 8.50. The molecule has 1 aromatic rings. The summed E-state index contributed by atoms with van der Waals surface area (Å²) >= 11 is 5.98. The molecule has 2 atom stereocenters. The minimum atomic E-state index is -3.76. The summed E-state index contributed by atoms with van der Waals surface area (Å²) in [5.41, 5.74) is 0.242. The van der Waals surface area contributed by atoms with E-state index in [1.165, 1.54) is 39.2 Å². The fraction of sp³-hybridized carbons (Fsp3) is 0.444. The average Bonchev–Trinajstić information content (AvgIpc) is 3.08. The van der Waals surface area contributed by atoms with E-state index in [-0.39, 0.29) is 27.9 Å². The highest BCUT2D eigenvalue weighted by molar-refractivity contribution is 7.89. The maximum absolute atomic E-state index is 12.3. The van der Waals surface area contributed by atoms with Crippen molar-refractivity contribution in [1.82, 2.24) is 4.31 Å². The summed E-state index contributed by atoms with van der Waals surface area (Å²) in [6, 6.07) is 4.14. The second-order valence-corrected chi connectivity index (χ2v) is 9.05. The van der Waals surface area contributed by atoms with E-state index >= 15 is 0 Å². The maximum Gasteiger partial charge on any atom is 0.307 e. The standard InChI is InChI=1S/C18H23ClN2O5S/c1-12(26-17(22)10-13-6-4-5-7-13)18(23)20-14-8-9-15(19)16(11-14)27(24,25)21(2)3/h4,6,8-9,11-13H,5,7,10H2,1-3H3,(H,20,23)/t12-,13+/m0/s1. The first kappa shape index (κ1) is 21.4. The summed E-state index contributed by atoms with van der Waals surface area (Å²) in [7, 11) is -0.986. The monoisotopic (exact) mass is 414 g/mol. The molecule has 1 aliphatic rings. The van der Waals surface area contributed by atoms with Gasteiger partial charge in [-0.1, -0.05) is 23.8 Å². The lowest BCUT2D eigenvalue weighted by atomic mass is 10.1. The molecule has 0 fully saturated rings. The Morgan fingerprint density at radius 2 is 2.07 bits per heavy atom. The molecule has 0 aliphatic heterocycles. The molecule has 1 aromatic carbocycles. The Balaban J connectivity index is 2.02. The molecule has 0 aromatic heterocycles. The van der Waals surface area contributed by atoms with Crippen LogP contribution in [0.15, 0.2) is 35.2 Å². The van der Waals surface area contributed by atoms with Crippen LogP contribution in [0.4, 0.5) is 5.69 Å². The van der Waals surface area contributed by atoms with Gasteiger partial charge in [-0.15, -0.1) is 0 Å². The molecular formula is C18H23ClN2O5S. The predicted molar refractivity (Wildman–Crippen MR) is 103 cm³/mol. The molecular weight excluding hydrogens is 392 g/mol. The zero-order valence-electron chi connectivity index (χ0n) is 15.4. The maximum atomic E-state index is 12.3. The fourth-order valence-corrected chi connectivity index (χ4v) is 3.99. The second-order valence-electron chi connectivity index (χ2n) is 6.52. The van der Waals surface area contributed by atoms with Gasteiger partial charge in [-0.05, 0) is 43.9 Å². The lowest BCUT2D eigenvalue weighted by molar-refractivity contribution is -0.153. The number of carbonyl (C=O) groups excluding carboxylic acids is 2. The van der Waals surface area contributed by atoms with Crippen LogP contribution in [0.3, 0.4) is 0 Å². The van der Waals surface area contributed by atoms with Crippen LogP contribution in [-0.2, 0) is 24.3 Å². The highest BCUT2D eigenvalue weighted by Gasteiger charge is 2.24. The number of esters is 1. The van der Waals surface area contributed by atoms with Gasteiger partial charge in [0.05, 0.1) is 11.4 Å². The molecule has 0 saturated carbocycles. The molecule has 9 heteroatoms. The summed E-state index contributed by atoms with van der Waals surface area (Å²) in [5, 5.41) is 2.59. The molecule has 0 heterocycles. The molecule has 0 spiro atoms. The highest BCUT2D eigenvalue weighted by Crippen LogP contribution is 2.27. The summed E-state index contributed by atoms with van der Waals surface area (Å²) in [5.74, 6) is -0.843. The Labute approximate surface area is 164 Å². The minimum Gasteiger partial charge on any atom is -0.453 e. The van der Waals surface area contributed by atoms with Crippen LogP contribution in [-0.4, -0.2) is 44.8 Å². The Hall–Kier alpha value is -1.90. The van der Waals surface area contributed by atoms with E-state index in [9.17, 15) is 18.0 Å². The number of sulfonamides is 1.